The van der Waals surface area contributed by atoms with Crippen LogP contribution in [0.15, 0.2) is 48.9 Å². The molecule has 0 aromatic carbocycles. The molecule has 4 rings (SSSR count). The summed E-state index contributed by atoms with van der Waals surface area (Å²) >= 11 is 0. The van der Waals surface area contributed by atoms with Crippen molar-refractivity contribution in [3.8, 4) is 0 Å². The number of hydrogen-bond acceptors (Lipinski definition) is 5. The van der Waals surface area contributed by atoms with Crippen LogP contribution >= 0.6 is 0 Å². The number of anilines is 1. The van der Waals surface area contributed by atoms with Gasteiger partial charge in [-0.2, -0.15) is 17.6 Å². The van der Waals surface area contributed by atoms with Gasteiger partial charge in [-0.05, 0) is 29.3 Å². The molecule has 1 amide bonds. The minimum Gasteiger partial charge on any atom is -0.366 e. The fraction of sp³-hybridized carbons (Fsp3) is 0.182. The summed E-state index contributed by atoms with van der Waals surface area (Å²) in [5.41, 5.74) is 1.57. The predicted octanol–water partition coefficient (Wildman–Crippen LogP) is 4.07. The summed E-state index contributed by atoms with van der Waals surface area (Å²) in [6, 6.07) is 7.03. The second-order valence-electron chi connectivity index (χ2n) is 7.24. The molecule has 0 bridgehead atoms. The maximum Gasteiger partial charge on any atom is 0.433 e. The molecule has 7 nitrogen and oxygen atoms in total. The first-order chi connectivity index (χ1) is 15.7. The van der Waals surface area contributed by atoms with Gasteiger partial charge in [-0.3, -0.25) is 9.78 Å². The number of nitrogens with one attached hydrogen (secondary N) is 3. The van der Waals surface area contributed by atoms with Gasteiger partial charge in [0.2, 0.25) is 5.95 Å². The smallest absolute Gasteiger partial charge is 0.366 e. The lowest BCUT2D eigenvalue weighted by Gasteiger charge is -2.09. The van der Waals surface area contributed by atoms with Gasteiger partial charge in [0.25, 0.3) is 5.91 Å². The fourth-order valence-corrected chi connectivity index (χ4v) is 3.26. The second-order valence-corrected chi connectivity index (χ2v) is 7.24. The van der Waals surface area contributed by atoms with E-state index in [0.29, 0.717) is 27.7 Å². The zero-order valence-corrected chi connectivity index (χ0v) is 17.3. The van der Waals surface area contributed by atoms with Crippen LogP contribution in [0.2, 0.25) is 0 Å². The number of H-pyrrole nitrogens is 1. The van der Waals surface area contributed by atoms with Crippen molar-refractivity contribution in [3.63, 3.8) is 0 Å². The molecule has 0 aliphatic heterocycles. The Morgan fingerprint density at radius 3 is 2.58 bits per heavy atom. The maximum atomic E-state index is 14.6. The Balaban J connectivity index is 1.46. The monoisotopic (exact) mass is 458 g/mol. The quantitative estimate of drug-likeness (QED) is 0.299. The number of fused-ring (bicyclic) bond motifs is 1. The molecule has 4 aromatic rings. The first-order valence-corrected chi connectivity index (χ1v) is 9.84. The number of aromatic amines is 1. The average molecular weight is 458 g/mol. The van der Waals surface area contributed by atoms with Crippen LogP contribution < -0.4 is 10.6 Å². The number of alkyl halides is 3. The van der Waals surface area contributed by atoms with Gasteiger partial charge < -0.3 is 15.6 Å². The summed E-state index contributed by atoms with van der Waals surface area (Å²) in [4.78, 5) is 26.4. The highest BCUT2D eigenvalue weighted by atomic mass is 19.4. The van der Waals surface area contributed by atoms with E-state index >= 15 is 0 Å². The Morgan fingerprint density at radius 2 is 1.91 bits per heavy atom. The number of hydrogen-bond donors (Lipinski definition) is 3. The summed E-state index contributed by atoms with van der Waals surface area (Å²) in [6.07, 6.45) is -0.0124. The summed E-state index contributed by atoms with van der Waals surface area (Å²) in [5.74, 6) is -0.725. The van der Waals surface area contributed by atoms with E-state index in [1.54, 1.807) is 24.4 Å². The van der Waals surface area contributed by atoms with Crippen molar-refractivity contribution in [2.45, 2.75) is 19.1 Å². The van der Waals surface area contributed by atoms with Gasteiger partial charge in [-0.15, -0.1) is 0 Å². The Labute approximate surface area is 185 Å². The molecule has 0 spiro atoms. The van der Waals surface area contributed by atoms with Gasteiger partial charge in [0, 0.05) is 49.6 Å². The fourth-order valence-electron chi connectivity index (χ4n) is 3.26. The van der Waals surface area contributed by atoms with E-state index in [1.165, 1.54) is 19.3 Å². The molecular formula is C22H18F4N6O. The Hall–Kier alpha value is -4.02. The van der Waals surface area contributed by atoms with Crippen molar-refractivity contribution < 1.29 is 22.4 Å². The Morgan fingerprint density at radius 1 is 1.09 bits per heavy atom. The topological polar surface area (TPSA) is 95.6 Å². The number of rotatable bonds is 6. The van der Waals surface area contributed by atoms with Crippen LogP contribution in [0, 0.1) is 5.95 Å². The number of amides is 1. The largest absolute Gasteiger partial charge is 0.433 e. The van der Waals surface area contributed by atoms with Crippen molar-refractivity contribution >= 4 is 22.8 Å². The highest BCUT2D eigenvalue weighted by Crippen LogP contribution is 2.27. The van der Waals surface area contributed by atoms with Crippen LogP contribution in [0.3, 0.4) is 0 Å². The van der Waals surface area contributed by atoms with Gasteiger partial charge >= 0.3 is 6.18 Å². The molecule has 0 atom stereocenters. The molecule has 0 aliphatic rings. The summed E-state index contributed by atoms with van der Waals surface area (Å²) < 4.78 is 52.4. The van der Waals surface area contributed by atoms with Gasteiger partial charge in [0.1, 0.15) is 17.2 Å². The summed E-state index contributed by atoms with van der Waals surface area (Å²) in [7, 11) is 1.52. The minimum atomic E-state index is -4.50. The molecule has 11 heteroatoms. The first kappa shape index (κ1) is 22.2. The number of pyridine rings is 3. The van der Waals surface area contributed by atoms with E-state index in [4.69, 9.17) is 0 Å². The number of aromatic nitrogens is 4. The van der Waals surface area contributed by atoms with Crippen LogP contribution in [0.25, 0.3) is 11.0 Å². The van der Waals surface area contributed by atoms with Crippen molar-refractivity contribution in [2.24, 2.45) is 0 Å². The lowest BCUT2D eigenvalue weighted by molar-refractivity contribution is -0.141. The third-order valence-corrected chi connectivity index (χ3v) is 5.00. The van der Waals surface area contributed by atoms with Crippen LogP contribution in [-0.2, 0) is 19.1 Å². The molecule has 3 N–H and O–H groups in total. The molecule has 33 heavy (non-hydrogen) atoms. The average Bonchev–Trinajstić information content (AvgIpc) is 3.20. The van der Waals surface area contributed by atoms with E-state index in [1.807, 2.05) is 0 Å². The molecule has 0 saturated heterocycles. The van der Waals surface area contributed by atoms with Crippen molar-refractivity contribution in [2.75, 3.05) is 12.4 Å². The molecule has 4 heterocycles. The number of nitrogens with zero attached hydrogens (tertiary/aromatic N) is 3. The second kappa shape index (κ2) is 8.85. The maximum absolute atomic E-state index is 14.6. The molecule has 0 unspecified atom stereocenters. The SMILES string of the molecule is CNC(=O)c1cnc2[nH]cc(Cc3ccc(NCc4ccc(C(F)(F)F)nc4)nc3F)c2c1. The minimum absolute atomic E-state index is 0.132. The Kier molecular flexibility index (Phi) is 5.95. The van der Waals surface area contributed by atoms with E-state index in [0.717, 1.165) is 17.8 Å². The molecule has 0 aliphatic carbocycles. The van der Waals surface area contributed by atoms with Gasteiger partial charge in [0.05, 0.1) is 5.56 Å². The molecule has 170 valence electrons. The first-order valence-electron chi connectivity index (χ1n) is 9.84. The Bertz CT molecular complexity index is 1300. The zero-order valence-electron chi connectivity index (χ0n) is 17.3. The molecular weight excluding hydrogens is 440 g/mol. The lowest BCUT2D eigenvalue weighted by atomic mass is 10.1. The number of carbonyl (C=O) groups excluding carboxylic acids is 1. The van der Waals surface area contributed by atoms with Crippen molar-refractivity contribution in [1.29, 1.82) is 0 Å². The highest BCUT2D eigenvalue weighted by molar-refractivity contribution is 5.97. The summed E-state index contributed by atoms with van der Waals surface area (Å²) in [5, 5.41) is 6.11. The van der Waals surface area contributed by atoms with E-state index in [2.05, 4.69) is 30.6 Å². The van der Waals surface area contributed by atoms with E-state index in [-0.39, 0.29) is 24.7 Å². The van der Waals surface area contributed by atoms with Crippen molar-refractivity contribution in [3.05, 3.63) is 82.8 Å². The van der Waals surface area contributed by atoms with Gasteiger partial charge in [-0.1, -0.05) is 12.1 Å². The third kappa shape index (κ3) is 4.92. The van der Waals surface area contributed by atoms with E-state index < -0.39 is 17.8 Å². The highest BCUT2D eigenvalue weighted by Gasteiger charge is 2.31. The van der Waals surface area contributed by atoms with E-state index in [9.17, 15) is 22.4 Å². The van der Waals surface area contributed by atoms with Crippen molar-refractivity contribution in [1.82, 2.24) is 25.3 Å². The van der Waals surface area contributed by atoms with Crippen LogP contribution in [0.4, 0.5) is 23.4 Å². The lowest BCUT2D eigenvalue weighted by Crippen LogP contribution is -2.17. The molecule has 0 saturated carbocycles. The number of halogens is 4. The normalized spacial score (nSPS) is 11.5. The molecule has 0 radical (unpaired) electrons. The van der Waals surface area contributed by atoms with Crippen LogP contribution in [0.5, 0.6) is 0 Å². The van der Waals surface area contributed by atoms with Crippen LogP contribution in [0.1, 0.15) is 32.7 Å². The predicted molar refractivity (Wildman–Crippen MR) is 113 cm³/mol. The number of carbonyl (C=O) groups is 1. The zero-order chi connectivity index (χ0) is 23.6. The molecule has 0 fully saturated rings. The van der Waals surface area contributed by atoms with Gasteiger partial charge in [-0.25, -0.2) is 9.97 Å². The third-order valence-electron chi connectivity index (χ3n) is 5.00. The summed E-state index contributed by atoms with van der Waals surface area (Å²) in [6.45, 7) is 0.132. The molecule has 4 aromatic heterocycles. The standard InChI is InChI=1S/C22H18F4N6O/c1-27-21(33)15-7-16-14(10-30-20(16)31-11-15)6-13-3-5-18(32-19(13)23)29-9-12-2-4-17(28-8-12)22(24,25)26/h2-5,7-8,10-11H,6,9H2,1H3,(H,27,33)(H,29,32)(H,30,31). The van der Waals surface area contributed by atoms with Crippen LogP contribution in [-0.4, -0.2) is 32.9 Å². The van der Waals surface area contributed by atoms with Gasteiger partial charge in [0.15, 0.2) is 0 Å².